The highest BCUT2D eigenvalue weighted by molar-refractivity contribution is 6.04. The van der Waals surface area contributed by atoms with Crippen molar-refractivity contribution in [2.45, 2.75) is 13.1 Å². The summed E-state index contributed by atoms with van der Waals surface area (Å²) in [5, 5.41) is 6.33. The van der Waals surface area contributed by atoms with Gasteiger partial charge < -0.3 is 20.3 Å². The average molecular weight is 415 g/mol. The molecule has 1 atom stereocenters. The number of hydrogen-bond donors (Lipinski definition) is 2. The van der Waals surface area contributed by atoms with Gasteiger partial charge in [0.15, 0.2) is 0 Å². The molecule has 1 aliphatic rings. The van der Waals surface area contributed by atoms with Crippen molar-refractivity contribution in [2.75, 3.05) is 30.9 Å². The van der Waals surface area contributed by atoms with Gasteiger partial charge in [0.1, 0.15) is 6.17 Å². The number of amides is 2. The van der Waals surface area contributed by atoms with Gasteiger partial charge in [-0.25, -0.2) is 0 Å². The minimum absolute atomic E-state index is 0.0146. The van der Waals surface area contributed by atoms with Gasteiger partial charge in [-0.05, 0) is 49.4 Å². The van der Waals surface area contributed by atoms with Crippen LogP contribution in [0.5, 0.6) is 0 Å². The molecule has 0 saturated heterocycles. The molecule has 0 unspecified atom stereocenters. The van der Waals surface area contributed by atoms with Gasteiger partial charge >= 0.3 is 0 Å². The zero-order valence-corrected chi connectivity index (χ0v) is 17.6. The molecule has 0 radical (unpaired) electrons. The number of rotatable bonds is 7. The van der Waals surface area contributed by atoms with Gasteiger partial charge in [-0.2, -0.15) is 0 Å². The topological polar surface area (TPSA) is 70.7 Å². The number of nitrogens with one attached hydrogen (secondary N) is 2. The molecule has 1 heterocycles. The van der Waals surface area contributed by atoms with Crippen molar-refractivity contribution in [1.82, 2.24) is 4.90 Å². The molecule has 31 heavy (non-hydrogen) atoms. The zero-order chi connectivity index (χ0) is 21.8. The summed E-state index contributed by atoms with van der Waals surface area (Å²) in [5.74, 6) is -0.183. The number of carbonyl (C=O) groups is 2. The molecule has 3 aromatic carbocycles. The number of methoxy groups -OCH3 is 1. The molecule has 0 aromatic heterocycles. The van der Waals surface area contributed by atoms with Crippen molar-refractivity contribution >= 4 is 23.2 Å². The van der Waals surface area contributed by atoms with E-state index in [0.717, 1.165) is 22.5 Å². The van der Waals surface area contributed by atoms with Crippen LogP contribution in [-0.2, 0) is 4.74 Å². The van der Waals surface area contributed by atoms with E-state index in [0.29, 0.717) is 24.3 Å². The number of carbonyl (C=O) groups excluding carboxylic acids is 2. The average Bonchev–Trinajstić information content (AvgIpc) is 3.05. The Labute approximate surface area is 181 Å². The van der Waals surface area contributed by atoms with Crippen molar-refractivity contribution < 1.29 is 14.3 Å². The van der Waals surface area contributed by atoms with E-state index in [1.165, 1.54) is 0 Å². The molecule has 2 amide bonds. The van der Waals surface area contributed by atoms with Gasteiger partial charge in [0.05, 0.1) is 6.61 Å². The van der Waals surface area contributed by atoms with Crippen molar-refractivity contribution in [3.63, 3.8) is 0 Å². The lowest BCUT2D eigenvalue weighted by Gasteiger charge is -2.27. The number of nitrogens with zero attached hydrogens (tertiary/aromatic N) is 1. The summed E-state index contributed by atoms with van der Waals surface area (Å²) in [6, 6.07) is 22.5. The third-order valence-electron chi connectivity index (χ3n) is 5.35. The number of aryl methyl sites for hydroxylation is 1. The van der Waals surface area contributed by atoms with Crippen LogP contribution in [0.2, 0.25) is 0 Å². The lowest BCUT2D eigenvalue weighted by molar-refractivity contribution is 0.0674. The molecule has 0 bridgehead atoms. The van der Waals surface area contributed by atoms with Crippen LogP contribution in [-0.4, -0.2) is 37.0 Å². The van der Waals surface area contributed by atoms with Gasteiger partial charge in [-0.15, -0.1) is 0 Å². The Morgan fingerprint density at radius 3 is 2.35 bits per heavy atom. The summed E-state index contributed by atoms with van der Waals surface area (Å²) in [6.07, 6.45) is -0.286. The van der Waals surface area contributed by atoms with E-state index < -0.39 is 0 Å². The van der Waals surface area contributed by atoms with Gasteiger partial charge in [-0.1, -0.05) is 35.9 Å². The van der Waals surface area contributed by atoms with Crippen molar-refractivity contribution in [2.24, 2.45) is 0 Å². The Bertz CT molecular complexity index is 1080. The largest absolute Gasteiger partial charge is 0.383 e. The van der Waals surface area contributed by atoms with Crippen LogP contribution in [0.1, 0.15) is 38.0 Å². The highest BCUT2D eigenvalue weighted by atomic mass is 16.5. The summed E-state index contributed by atoms with van der Waals surface area (Å²) < 4.78 is 5.18. The molecule has 0 fully saturated rings. The summed E-state index contributed by atoms with van der Waals surface area (Å²) in [6.45, 7) is 2.94. The Balaban J connectivity index is 1.49. The lowest BCUT2D eigenvalue weighted by atomic mass is 10.1. The first-order chi connectivity index (χ1) is 15.1. The molecule has 1 aliphatic heterocycles. The first-order valence-corrected chi connectivity index (χ1v) is 10.2. The second-order valence-electron chi connectivity index (χ2n) is 7.52. The first kappa shape index (κ1) is 20.6. The molecule has 158 valence electrons. The number of ether oxygens (including phenoxy) is 1. The predicted octanol–water partition coefficient (Wildman–Crippen LogP) is 4.46. The fraction of sp³-hybridized carbons (Fsp3) is 0.200. The summed E-state index contributed by atoms with van der Waals surface area (Å²) in [5.41, 5.74) is 4.91. The lowest BCUT2D eigenvalue weighted by Crippen LogP contribution is -2.34. The second kappa shape index (κ2) is 9.02. The predicted molar refractivity (Wildman–Crippen MR) is 121 cm³/mol. The number of fused-ring (bicyclic) bond motifs is 1. The molecule has 6 nitrogen and oxygen atoms in total. The minimum atomic E-state index is -0.286. The van der Waals surface area contributed by atoms with Gasteiger partial charge in [0.2, 0.25) is 0 Å². The number of anilines is 2. The van der Waals surface area contributed by atoms with E-state index in [-0.39, 0.29) is 18.0 Å². The molecule has 2 N–H and O–H groups in total. The summed E-state index contributed by atoms with van der Waals surface area (Å²) >= 11 is 0. The van der Waals surface area contributed by atoms with E-state index in [1.807, 2.05) is 67.6 Å². The van der Waals surface area contributed by atoms with Gasteiger partial charge in [-0.3, -0.25) is 9.59 Å². The van der Waals surface area contributed by atoms with E-state index in [4.69, 9.17) is 4.74 Å². The molecular formula is C25H25N3O3. The van der Waals surface area contributed by atoms with E-state index >= 15 is 0 Å². The molecule has 0 spiro atoms. The molecule has 4 rings (SSSR count). The van der Waals surface area contributed by atoms with Crippen LogP contribution in [0, 0.1) is 6.92 Å². The maximum atomic E-state index is 12.8. The minimum Gasteiger partial charge on any atom is -0.383 e. The number of benzene rings is 3. The fourth-order valence-corrected chi connectivity index (χ4v) is 3.66. The highest BCUT2D eigenvalue weighted by Gasteiger charge is 2.36. The molecule has 0 aliphatic carbocycles. The Hall–Kier alpha value is -3.64. The van der Waals surface area contributed by atoms with Crippen LogP contribution in [0.25, 0.3) is 0 Å². The quantitative estimate of drug-likeness (QED) is 0.598. The van der Waals surface area contributed by atoms with Crippen LogP contribution >= 0.6 is 0 Å². The van der Waals surface area contributed by atoms with Gasteiger partial charge in [0.25, 0.3) is 11.8 Å². The SMILES string of the molecule is COCCN1C(=O)c2ccccc2[C@@H]1Nc1ccc(C(=O)Nc2ccc(C)cc2)cc1. The van der Waals surface area contributed by atoms with Crippen LogP contribution < -0.4 is 10.6 Å². The zero-order valence-electron chi connectivity index (χ0n) is 17.6. The normalized spacial score (nSPS) is 15.0. The van der Waals surface area contributed by atoms with Crippen molar-refractivity contribution in [1.29, 1.82) is 0 Å². The highest BCUT2D eigenvalue weighted by Crippen LogP contribution is 2.34. The third-order valence-corrected chi connectivity index (χ3v) is 5.35. The Morgan fingerprint density at radius 2 is 1.65 bits per heavy atom. The molecule has 3 aromatic rings. The second-order valence-corrected chi connectivity index (χ2v) is 7.52. The van der Waals surface area contributed by atoms with Crippen LogP contribution in [0.3, 0.4) is 0 Å². The Kier molecular flexibility index (Phi) is 6.00. The molecular weight excluding hydrogens is 390 g/mol. The number of hydrogen-bond acceptors (Lipinski definition) is 4. The standard InChI is InChI=1S/C25H25N3O3/c1-17-7-11-20(12-8-17)27-24(29)18-9-13-19(14-10-18)26-23-21-5-3-4-6-22(21)25(30)28(23)15-16-31-2/h3-14,23,26H,15-16H2,1-2H3,(H,27,29)/t23-/m1/s1. The maximum Gasteiger partial charge on any atom is 0.256 e. The van der Waals surface area contributed by atoms with Gasteiger partial charge in [0, 0.05) is 41.7 Å². The monoisotopic (exact) mass is 415 g/mol. The smallest absolute Gasteiger partial charge is 0.256 e. The van der Waals surface area contributed by atoms with Crippen molar-refractivity contribution in [3.05, 3.63) is 95.1 Å². The summed E-state index contributed by atoms with van der Waals surface area (Å²) in [7, 11) is 1.62. The fourth-order valence-electron chi connectivity index (χ4n) is 3.66. The van der Waals surface area contributed by atoms with E-state index in [2.05, 4.69) is 10.6 Å². The van der Waals surface area contributed by atoms with E-state index in [1.54, 1.807) is 24.1 Å². The van der Waals surface area contributed by atoms with Crippen LogP contribution in [0.15, 0.2) is 72.8 Å². The molecule has 6 heteroatoms. The molecule has 0 saturated carbocycles. The van der Waals surface area contributed by atoms with Crippen molar-refractivity contribution in [3.8, 4) is 0 Å². The Morgan fingerprint density at radius 1 is 0.968 bits per heavy atom. The van der Waals surface area contributed by atoms with Crippen LogP contribution in [0.4, 0.5) is 11.4 Å². The summed E-state index contributed by atoms with van der Waals surface area (Å²) in [4.78, 5) is 27.1. The maximum absolute atomic E-state index is 12.8. The third kappa shape index (κ3) is 4.44. The van der Waals surface area contributed by atoms with E-state index in [9.17, 15) is 9.59 Å². The first-order valence-electron chi connectivity index (χ1n) is 10.2.